The Hall–Kier alpha value is -0.610. The van der Waals surface area contributed by atoms with Crippen molar-refractivity contribution in [1.82, 2.24) is 5.32 Å². The summed E-state index contributed by atoms with van der Waals surface area (Å²) in [5, 5.41) is 12.7. The average Bonchev–Trinajstić information content (AvgIpc) is 2.35. The molecule has 0 saturated heterocycles. The van der Waals surface area contributed by atoms with Crippen molar-refractivity contribution >= 4 is 5.97 Å². The first-order chi connectivity index (χ1) is 8.14. The monoisotopic (exact) mass is 245 g/mol. The van der Waals surface area contributed by atoms with Gasteiger partial charge in [-0.05, 0) is 32.7 Å². The normalized spacial score (nSPS) is 11.5. The molecule has 0 aliphatic heterocycles. The van der Waals surface area contributed by atoms with Crippen molar-refractivity contribution in [2.75, 3.05) is 26.3 Å². The predicted octanol–water partition coefficient (Wildman–Crippen LogP) is 1.72. The number of rotatable bonds is 10. The van der Waals surface area contributed by atoms with E-state index in [1.165, 1.54) is 0 Å². The highest BCUT2D eigenvalue weighted by atomic mass is 16.5. The first-order valence-electron chi connectivity index (χ1n) is 6.61. The van der Waals surface area contributed by atoms with Crippen molar-refractivity contribution in [3.63, 3.8) is 0 Å². The molecule has 0 aliphatic carbocycles. The molecule has 0 atom stereocenters. The van der Waals surface area contributed by atoms with E-state index in [0.717, 1.165) is 32.4 Å². The highest BCUT2D eigenvalue weighted by Crippen LogP contribution is 2.24. The molecular formula is C13H27NO3. The zero-order valence-electron chi connectivity index (χ0n) is 11.4. The van der Waals surface area contributed by atoms with E-state index in [-0.39, 0.29) is 18.0 Å². The second-order valence-electron chi connectivity index (χ2n) is 4.45. The molecule has 17 heavy (non-hydrogen) atoms. The van der Waals surface area contributed by atoms with Crippen molar-refractivity contribution in [2.24, 2.45) is 5.41 Å². The van der Waals surface area contributed by atoms with Crippen molar-refractivity contribution in [3.8, 4) is 0 Å². The fraction of sp³-hybridized carbons (Fsp3) is 0.923. The molecule has 0 aliphatic rings. The van der Waals surface area contributed by atoms with Crippen LogP contribution in [0.25, 0.3) is 0 Å². The van der Waals surface area contributed by atoms with Gasteiger partial charge in [-0.3, -0.25) is 4.79 Å². The molecule has 0 aromatic rings. The lowest BCUT2D eigenvalue weighted by atomic mass is 9.83. The molecule has 0 fully saturated rings. The Kier molecular flexibility index (Phi) is 9.09. The molecule has 0 aromatic heterocycles. The molecule has 0 unspecified atom stereocenters. The quantitative estimate of drug-likeness (QED) is 0.454. The smallest absolute Gasteiger partial charge is 0.305 e. The Bertz CT molecular complexity index is 195. The Morgan fingerprint density at radius 1 is 1.29 bits per heavy atom. The Morgan fingerprint density at radius 3 is 2.41 bits per heavy atom. The first-order valence-corrected chi connectivity index (χ1v) is 6.61. The number of esters is 1. The molecule has 0 radical (unpaired) electrons. The van der Waals surface area contributed by atoms with Gasteiger partial charge in [0.2, 0.25) is 0 Å². The van der Waals surface area contributed by atoms with E-state index in [2.05, 4.69) is 19.2 Å². The Labute approximate surface area is 105 Å². The van der Waals surface area contributed by atoms with Crippen LogP contribution >= 0.6 is 0 Å². The SMILES string of the molecule is CCOC(=O)CCCNCC(CC)(CC)CO. The molecule has 102 valence electrons. The summed E-state index contributed by atoms with van der Waals surface area (Å²) in [6.45, 7) is 8.27. The van der Waals surface area contributed by atoms with Crippen LogP contribution in [0.3, 0.4) is 0 Å². The number of aliphatic hydroxyl groups excluding tert-OH is 1. The maximum atomic E-state index is 11.1. The molecule has 0 rings (SSSR count). The number of nitrogens with one attached hydrogen (secondary N) is 1. The second kappa shape index (κ2) is 9.42. The number of hydrogen-bond donors (Lipinski definition) is 2. The van der Waals surface area contributed by atoms with Crippen molar-refractivity contribution in [3.05, 3.63) is 0 Å². The van der Waals surface area contributed by atoms with Gasteiger partial charge in [-0.25, -0.2) is 0 Å². The van der Waals surface area contributed by atoms with E-state index in [4.69, 9.17) is 4.74 Å². The zero-order valence-corrected chi connectivity index (χ0v) is 11.4. The summed E-state index contributed by atoms with van der Waals surface area (Å²) in [7, 11) is 0. The van der Waals surface area contributed by atoms with E-state index in [0.29, 0.717) is 13.0 Å². The minimum absolute atomic E-state index is 0.00999. The maximum absolute atomic E-state index is 11.1. The third-order valence-electron chi connectivity index (χ3n) is 3.38. The summed E-state index contributed by atoms with van der Waals surface area (Å²) in [6.07, 6.45) is 3.18. The van der Waals surface area contributed by atoms with E-state index in [1.54, 1.807) is 0 Å². The lowest BCUT2D eigenvalue weighted by Crippen LogP contribution is -2.37. The van der Waals surface area contributed by atoms with Gasteiger partial charge < -0.3 is 15.2 Å². The van der Waals surface area contributed by atoms with Gasteiger partial charge in [-0.15, -0.1) is 0 Å². The number of aliphatic hydroxyl groups is 1. The van der Waals surface area contributed by atoms with Crippen LogP contribution in [0.5, 0.6) is 0 Å². The molecule has 4 nitrogen and oxygen atoms in total. The minimum atomic E-state index is -0.131. The highest BCUT2D eigenvalue weighted by Gasteiger charge is 2.24. The third kappa shape index (κ3) is 6.64. The molecule has 0 heterocycles. The molecule has 4 heteroatoms. The van der Waals surface area contributed by atoms with Crippen molar-refractivity contribution in [2.45, 2.75) is 46.5 Å². The summed E-state index contributed by atoms with van der Waals surface area (Å²) >= 11 is 0. The third-order valence-corrected chi connectivity index (χ3v) is 3.38. The highest BCUT2D eigenvalue weighted by molar-refractivity contribution is 5.69. The van der Waals surface area contributed by atoms with Crippen LogP contribution in [0, 0.1) is 5.41 Å². The number of carbonyl (C=O) groups is 1. The van der Waals surface area contributed by atoms with Crippen molar-refractivity contribution < 1.29 is 14.6 Å². The minimum Gasteiger partial charge on any atom is -0.466 e. The second-order valence-corrected chi connectivity index (χ2v) is 4.45. The number of ether oxygens (including phenoxy) is 1. The van der Waals surface area contributed by atoms with Gasteiger partial charge in [0.25, 0.3) is 0 Å². The summed E-state index contributed by atoms with van der Waals surface area (Å²) in [5.74, 6) is -0.131. The summed E-state index contributed by atoms with van der Waals surface area (Å²) in [5.41, 5.74) is -0.00999. The van der Waals surface area contributed by atoms with Crippen LogP contribution in [-0.4, -0.2) is 37.4 Å². The topological polar surface area (TPSA) is 58.6 Å². The Morgan fingerprint density at radius 2 is 1.94 bits per heavy atom. The average molecular weight is 245 g/mol. The van der Waals surface area contributed by atoms with Gasteiger partial charge >= 0.3 is 5.97 Å². The van der Waals surface area contributed by atoms with Crippen molar-refractivity contribution in [1.29, 1.82) is 0 Å². The first kappa shape index (κ1) is 16.4. The largest absolute Gasteiger partial charge is 0.466 e. The molecule has 0 spiro atoms. The molecule has 2 N–H and O–H groups in total. The molecular weight excluding hydrogens is 218 g/mol. The van der Waals surface area contributed by atoms with Gasteiger partial charge in [0.15, 0.2) is 0 Å². The number of hydrogen-bond acceptors (Lipinski definition) is 4. The van der Waals surface area contributed by atoms with E-state index in [1.807, 2.05) is 6.92 Å². The summed E-state index contributed by atoms with van der Waals surface area (Å²) in [6, 6.07) is 0. The molecule has 0 saturated carbocycles. The standard InChI is InChI=1S/C13H27NO3/c1-4-13(5-2,11-15)10-14-9-7-8-12(16)17-6-3/h14-15H,4-11H2,1-3H3. The summed E-state index contributed by atoms with van der Waals surface area (Å²) < 4.78 is 4.85. The molecule has 0 amide bonds. The number of carbonyl (C=O) groups excluding carboxylic acids is 1. The molecule has 0 bridgehead atoms. The van der Waals surface area contributed by atoms with Gasteiger partial charge in [-0.2, -0.15) is 0 Å². The lowest BCUT2D eigenvalue weighted by molar-refractivity contribution is -0.143. The Balaban J connectivity index is 3.65. The van der Waals surface area contributed by atoms with Crippen LogP contribution in [-0.2, 0) is 9.53 Å². The summed E-state index contributed by atoms with van der Waals surface area (Å²) in [4.78, 5) is 11.1. The van der Waals surface area contributed by atoms with Gasteiger partial charge in [0, 0.05) is 25.0 Å². The fourth-order valence-corrected chi connectivity index (χ4v) is 1.72. The van der Waals surface area contributed by atoms with Crippen LogP contribution in [0.1, 0.15) is 46.5 Å². The van der Waals surface area contributed by atoms with Crippen LogP contribution in [0.2, 0.25) is 0 Å². The predicted molar refractivity (Wildman–Crippen MR) is 68.8 cm³/mol. The maximum Gasteiger partial charge on any atom is 0.305 e. The zero-order chi connectivity index (χ0) is 13.1. The van der Waals surface area contributed by atoms with Crippen LogP contribution in [0.15, 0.2) is 0 Å². The van der Waals surface area contributed by atoms with Gasteiger partial charge in [-0.1, -0.05) is 13.8 Å². The van der Waals surface area contributed by atoms with E-state index < -0.39 is 0 Å². The van der Waals surface area contributed by atoms with Crippen LogP contribution < -0.4 is 5.32 Å². The van der Waals surface area contributed by atoms with Gasteiger partial charge in [0.05, 0.1) is 6.61 Å². The fourth-order valence-electron chi connectivity index (χ4n) is 1.72. The van der Waals surface area contributed by atoms with E-state index >= 15 is 0 Å². The van der Waals surface area contributed by atoms with Gasteiger partial charge in [0.1, 0.15) is 0 Å². The molecule has 0 aromatic carbocycles. The lowest BCUT2D eigenvalue weighted by Gasteiger charge is -2.29. The van der Waals surface area contributed by atoms with E-state index in [9.17, 15) is 9.90 Å². The van der Waals surface area contributed by atoms with Crippen LogP contribution in [0.4, 0.5) is 0 Å².